The molecule has 1 atom stereocenters. The van der Waals surface area contributed by atoms with Gasteiger partial charge in [0.05, 0.1) is 0 Å². The lowest BCUT2D eigenvalue weighted by Gasteiger charge is -2.27. The first kappa shape index (κ1) is 12.4. The second kappa shape index (κ2) is 5.09. The Kier molecular flexibility index (Phi) is 3.72. The molecular formula is C15H24N2. The normalized spacial score (nSPS) is 17.2. The van der Waals surface area contributed by atoms with Gasteiger partial charge in [-0.05, 0) is 43.4 Å². The van der Waals surface area contributed by atoms with E-state index in [0.29, 0.717) is 5.92 Å². The third-order valence-corrected chi connectivity index (χ3v) is 3.30. The van der Waals surface area contributed by atoms with E-state index in [-0.39, 0.29) is 6.04 Å². The second-order valence-corrected chi connectivity index (χ2v) is 5.66. The third-order valence-electron chi connectivity index (χ3n) is 3.30. The predicted octanol–water partition coefficient (Wildman–Crippen LogP) is 3.33. The average Bonchev–Trinajstić information content (AvgIpc) is 3.09. The zero-order chi connectivity index (χ0) is 12.4. The summed E-state index contributed by atoms with van der Waals surface area (Å²) in [6.07, 6.45) is 2.70. The van der Waals surface area contributed by atoms with Crippen LogP contribution < -0.4 is 10.6 Å². The molecule has 1 fully saturated rings. The summed E-state index contributed by atoms with van der Waals surface area (Å²) >= 11 is 0. The van der Waals surface area contributed by atoms with E-state index in [1.54, 1.807) is 0 Å². The Hall–Kier alpha value is -1.02. The van der Waals surface area contributed by atoms with Crippen LogP contribution in [-0.2, 0) is 0 Å². The van der Waals surface area contributed by atoms with Crippen LogP contribution in [0.25, 0.3) is 0 Å². The highest BCUT2D eigenvalue weighted by atomic mass is 15.2. The highest BCUT2D eigenvalue weighted by molar-refractivity contribution is 5.50. The van der Waals surface area contributed by atoms with Gasteiger partial charge in [-0.25, -0.2) is 0 Å². The van der Waals surface area contributed by atoms with E-state index in [4.69, 9.17) is 5.73 Å². The fourth-order valence-corrected chi connectivity index (χ4v) is 2.21. The molecule has 1 aliphatic rings. The highest BCUT2D eigenvalue weighted by Gasteiger charge is 2.29. The lowest BCUT2D eigenvalue weighted by molar-refractivity contribution is 0.607. The summed E-state index contributed by atoms with van der Waals surface area (Å²) in [5, 5.41) is 0. The summed E-state index contributed by atoms with van der Waals surface area (Å²) in [5.41, 5.74) is 8.45. The molecule has 94 valence electrons. The van der Waals surface area contributed by atoms with Crippen molar-refractivity contribution in [2.75, 3.05) is 11.4 Å². The first-order valence-corrected chi connectivity index (χ1v) is 6.70. The van der Waals surface area contributed by atoms with Crippen LogP contribution in [0.4, 0.5) is 5.69 Å². The molecule has 17 heavy (non-hydrogen) atoms. The summed E-state index contributed by atoms with van der Waals surface area (Å²) < 4.78 is 0. The van der Waals surface area contributed by atoms with Crippen LogP contribution in [0, 0.1) is 5.92 Å². The van der Waals surface area contributed by atoms with Gasteiger partial charge in [0, 0.05) is 24.3 Å². The first-order chi connectivity index (χ1) is 8.08. The van der Waals surface area contributed by atoms with Gasteiger partial charge in [-0.1, -0.05) is 26.0 Å². The van der Waals surface area contributed by atoms with Crippen LogP contribution in [0.2, 0.25) is 0 Å². The van der Waals surface area contributed by atoms with E-state index >= 15 is 0 Å². The van der Waals surface area contributed by atoms with Gasteiger partial charge in [0.2, 0.25) is 0 Å². The first-order valence-electron chi connectivity index (χ1n) is 6.70. The van der Waals surface area contributed by atoms with Crippen molar-refractivity contribution in [1.29, 1.82) is 0 Å². The van der Waals surface area contributed by atoms with Gasteiger partial charge in [-0.3, -0.25) is 0 Å². The summed E-state index contributed by atoms with van der Waals surface area (Å²) in [6.45, 7) is 7.75. The van der Waals surface area contributed by atoms with E-state index in [0.717, 1.165) is 12.6 Å². The number of nitrogens with two attached hydrogens (primary N) is 1. The Morgan fingerprint density at radius 2 is 1.76 bits per heavy atom. The van der Waals surface area contributed by atoms with Crippen LogP contribution in [0.3, 0.4) is 0 Å². The van der Waals surface area contributed by atoms with Gasteiger partial charge in [0.15, 0.2) is 0 Å². The summed E-state index contributed by atoms with van der Waals surface area (Å²) in [5.74, 6) is 0.712. The van der Waals surface area contributed by atoms with E-state index in [1.807, 2.05) is 6.92 Å². The molecule has 0 heterocycles. The van der Waals surface area contributed by atoms with Gasteiger partial charge in [-0.15, -0.1) is 0 Å². The summed E-state index contributed by atoms with van der Waals surface area (Å²) in [6, 6.07) is 9.67. The molecule has 0 spiro atoms. The van der Waals surface area contributed by atoms with Crippen LogP contribution in [0.5, 0.6) is 0 Å². The topological polar surface area (TPSA) is 29.3 Å². The maximum atomic E-state index is 5.88. The monoisotopic (exact) mass is 232 g/mol. The van der Waals surface area contributed by atoms with Crippen LogP contribution in [0.1, 0.15) is 45.2 Å². The number of benzene rings is 1. The molecule has 2 heteroatoms. The minimum atomic E-state index is 0.128. The molecular weight excluding hydrogens is 208 g/mol. The minimum Gasteiger partial charge on any atom is -0.368 e. The highest BCUT2D eigenvalue weighted by Crippen LogP contribution is 2.32. The van der Waals surface area contributed by atoms with E-state index in [9.17, 15) is 0 Å². The standard InChI is InChI=1S/C15H24N2/c1-11(2)10-17(15-8-9-15)14-6-4-13(5-7-14)12(3)16/h4-7,11-12,15H,8-10,16H2,1-3H3. The van der Waals surface area contributed by atoms with Crippen molar-refractivity contribution in [1.82, 2.24) is 0 Å². The quantitative estimate of drug-likeness (QED) is 0.843. The molecule has 2 nitrogen and oxygen atoms in total. The third kappa shape index (κ3) is 3.22. The summed E-state index contributed by atoms with van der Waals surface area (Å²) in [4.78, 5) is 2.55. The molecule has 0 aliphatic heterocycles. The van der Waals surface area contributed by atoms with Crippen LogP contribution >= 0.6 is 0 Å². The summed E-state index contributed by atoms with van der Waals surface area (Å²) in [7, 11) is 0. The molecule has 2 N–H and O–H groups in total. The Balaban J connectivity index is 2.12. The minimum absolute atomic E-state index is 0.128. The van der Waals surface area contributed by atoms with E-state index in [1.165, 1.54) is 24.1 Å². The van der Waals surface area contributed by atoms with E-state index in [2.05, 4.69) is 43.0 Å². The molecule has 2 rings (SSSR count). The lowest BCUT2D eigenvalue weighted by atomic mass is 10.1. The smallest absolute Gasteiger partial charge is 0.0369 e. The van der Waals surface area contributed by atoms with Crippen molar-refractivity contribution in [2.24, 2.45) is 11.7 Å². The number of rotatable bonds is 5. The largest absolute Gasteiger partial charge is 0.368 e. The fourth-order valence-electron chi connectivity index (χ4n) is 2.21. The van der Waals surface area contributed by atoms with Crippen molar-refractivity contribution in [3.8, 4) is 0 Å². The number of nitrogens with zero attached hydrogens (tertiary/aromatic N) is 1. The predicted molar refractivity (Wildman–Crippen MR) is 74.3 cm³/mol. The van der Waals surface area contributed by atoms with Gasteiger partial charge in [-0.2, -0.15) is 0 Å². The molecule has 1 aliphatic carbocycles. The SMILES string of the molecule is CC(C)CN(c1ccc(C(C)N)cc1)C1CC1. The molecule has 0 saturated heterocycles. The van der Waals surface area contributed by atoms with Crippen LogP contribution in [0.15, 0.2) is 24.3 Å². The van der Waals surface area contributed by atoms with Gasteiger partial charge >= 0.3 is 0 Å². The van der Waals surface area contributed by atoms with Crippen molar-refractivity contribution < 1.29 is 0 Å². The maximum Gasteiger partial charge on any atom is 0.0369 e. The molecule has 0 amide bonds. The van der Waals surface area contributed by atoms with Crippen molar-refractivity contribution in [3.63, 3.8) is 0 Å². The van der Waals surface area contributed by atoms with Crippen molar-refractivity contribution in [3.05, 3.63) is 29.8 Å². The molecule has 1 unspecified atom stereocenters. The fraction of sp³-hybridized carbons (Fsp3) is 0.600. The molecule has 1 saturated carbocycles. The maximum absolute atomic E-state index is 5.88. The molecule has 0 aromatic heterocycles. The van der Waals surface area contributed by atoms with Gasteiger partial charge in [0.25, 0.3) is 0 Å². The van der Waals surface area contributed by atoms with Crippen molar-refractivity contribution in [2.45, 2.75) is 45.7 Å². The van der Waals surface area contributed by atoms with Gasteiger partial charge in [0.1, 0.15) is 0 Å². The Morgan fingerprint density at radius 1 is 1.18 bits per heavy atom. The molecule has 1 aromatic carbocycles. The average molecular weight is 232 g/mol. The van der Waals surface area contributed by atoms with Crippen molar-refractivity contribution >= 4 is 5.69 Å². The van der Waals surface area contributed by atoms with Gasteiger partial charge < -0.3 is 10.6 Å². The Labute approximate surface area is 105 Å². The molecule has 0 radical (unpaired) electrons. The number of hydrogen-bond acceptors (Lipinski definition) is 2. The molecule has 1 aromatic rings. The lowest BCUT2D eigenvalue weighted by Crippen LogP contribution is -2.29. The zero-order valence-electron chi connectivity index (χ0n) is 11.2. The number of hydrogen-bond donors (Lipinski definition) is 1. The molecule has 0 bridgehead atoms. The Bertz CT molecular complexity index is 350. The van der Waals surface area contributed by atoms with Crippen LogP contribution in [-0.4, -0.2) is 12.6 Å². The zero-order valence-corrected chi connectivity index (χ0v) is 11.2. The second-order valence-electron chi connectivity index (χ2n) is 5.66. The Morgan fingerprint density at radius 3 is 2.18 bits per heavy atom. The number of anilines is 1. The van der Waals surface area contributed by atoms with E-state index < -0.39 is 0 Å².